The van der Waals surface area contributed by atoms with Gasteiger partial charge in [0.2, 0.25) is 0 Å². The van der Waals surface area contributed by atoms with Gasteiger partial charge in [-0.1, -0.05) is 63.2 Å². The first-order valence-corrected chi connectivity index (χ1v) is 11.2. The van der Waals surface area contributed by atoms with Gasteiger partial charge in [0.1, 0.15) is 11.5 Å². The zero-order chi connectivity index (χ0) is 20.5. The Morgan fingerprint density at radius 3 is 2.24 bits per heavy atom. The van der Waals surface area contributed by atoms with Crippen LogP contribution >= 0.6 is 11.8 Å². The van der Waals surface area contributed by atoms with Crippen LogP contribution in [0.1, 0.15) is 38.3 Å². The second kappa shape index (κ2) is 10.5. The molecule has 152 valence electrons. The van der Waals surface area contributed by atoms with Crippen molar-refractivity contribution in [3.8, 4) is 11.5 Å². The van der Waals surface area contributed by atoms with Crippen molar-refractivity contribution in [2.75, 3.05) is 12.4 Å². The highest BCUT2D eigenvalue weighted by Crippen LogP contribution is 2.30. The van der Waals surface area contributed by atoms with Crippen LogP contribution in [0, 0.1) is 0 Å². The minimum absolute atomic E-state index is 0.00750. The van der Waals surface area contributed by atoms with Crippen LogP contribution in [0.5, 0.6) is 11.5 Å². The maximum absolute atomic E-state index is 6.15. The number of hydrogen-bond donors (Lipinski definition) is 0. The van der Waals surface area contributed by atoms with E-state index in [2.05, 4.69) is 51.1 Å². The second-order valence-electron chi connectivity index (χ2n) is 7.43. The molecule has 0 heterocycles. The minimum Gasteiger partial charge on any atom is -0.457 e. The molecule has 0 radical (unpaired) electrons. The molecule has 1 atom stereocenters. The normalized spacial score (nSPS) is 13.1. The molecule has 0 aliphatic carbocycles. The Bertz CT molecular complexity index is 877. The highest BCUT2D eigenvalue weighted by molar-refractivity contribution is 7.99. The van der Waals surface area contributed by atoms with E-state index in [9.17, 15) is 0 Å². The van der Waals surface area contributed by atoms with Crippen LogP contribution in [0.15, 0.2) is 83.8 Å². The van der Waals surface area contributed by atoms with E-state index >= 15 is 0 Å². The Morgan fingerprint density at radius 1 is 0.828 bits per heavy atom. The molecule has 3 aromatic carbocycles. The summed E-state index contributed by atoms with van der Waals surface area (Å²) in [5.41, 5.74) is 2.46. The third-order valence-electron chi connectivity index (χ3n) is 5.21. The van der Waals surface area contributed by atoms with Crippen molar-refractivity contribution in [1.82, 2.24) is 0 Å². The summed E-state index contributed by atoms with van der Waals surface area (Å²) in [5.74, 6) is 2.77. The third-order valence-corrected chi connectivity index (χ3v) is 6.10. The summed E-state index contributed by atoms with van der Waals surface area (Å²) >= 11 is 1.88. The monoisotopic (exact) mass is 406 g/mol. The van der Waals surface area contributed by atoms with Gasteiger partial charge in [0.25, 0.3) is 0 Å². The predicted octanol–water partition coefficient (Wildman–Crippen LogP) is 7.48. The van der Waals surface area contributed by atoms with Gasteiger partial charge in [0.05, 0.1) is 13.2 Å². The van der Waals surface area contributed by atoms with E-state index in [4.69, 9.17) is 9.47 Å². The SMILES string of the molecule is CCSc1ccc(C(C)(CC)COCc2cccc(Oc3ccccc3)c2)cc1. The lowest BCUT2D eigenvalue weighted by Crippen LogP contribution is -2.27. The van der Waals surface area contributed by atoms with Crippen LogP contribution in [0.4, 0.5) is 0 Å². The molecule has 0 aliphatic rings. The molecule has 2 nitrogen and oxygen atoms in total. The summed E-state index contributed by atoms with van der Waals surface area (Å²) < 4.78 is 12.1. The molecule has 0 bridgehead atoms. The van der Waals surface area contributed by atoms with Gasteiger partial charge in [0.15, 0.2) is 0 Å². The van der Waals surface area contributed by atoms with E-state index in [0.717, 1.165) is 29.2 Å². The topological polar surface area (TPSA) is 18.5 Å². The summed E-state index contributed by atoms with van der Waals surface area (Å²) in [5, 5.41) is 0. The Balaban J connectivity index is 1.59. The first kappa shape index (κ1) is 21.5. The molecule has 0 amide bonds. The number of hydrogen-bond acceptors (Lipinski definition) is 3. The Labute approximate surface area is 179 Å². The Kier molecular flexibility index (Phi) is 7.79. The molecule has 3 rings (SSSR count). The Morgan fingerprint density at radius 2 is 1.55 bits per heavy atom. The van der Waals surface area contributed by atoms with Crippen LogP contribution in [0.25, 0.3) is 0 Å². The van der Waals surface area contributed by atoms with E-state index in [0.29, 0.717) is 13.2 Å². The fourth-order valence-electron chi connectivity index (χ4n) is 3.23. The first-order chi connectivity index (χ1) is 14.1. The lowest BCUT2D eigenvalue weighted by Gasteiger charge is -2.29. The van der Waals surface area contributed by atoms with Gasteiger partial charge in [-0.15, -0.1) is 11.8 Å². The van der Waals surface area contributed by atoms with E-state index in [-0.39, 0.29) is 5.41 Å². The number of benzene rings is 3. The van der Waals surface area contributed by atoms with E-state index in [1.165, 1.54) is 10.5 Å². The summed E-state index contributed by atoms with van der Waals surface area (Å²) in [6, 6.07) is 26.9. The fourth-order valence-corrected chi connectivity index (χ4v) is 3.89. The number of rotatable bonds is 10. The maximum Gasteiger partial charge on any atom is 0.127 e. The second-order valence-corrected chi connectivity index (χ2v) is 8.76. The summed E-state index contributed by atoms with van der Waals surface area (Å²) in [4.78, 5) is 1.32. The van der Waals surface area contributed by atoms with Gasteiger partial charge in [-0.05, 0) is 59.7 Å². The number of para-hydroxylation sites is 1. The summed E-state index contributed by atoms with van der Waals surface area (Å²) in [6.07, 6.45) is 1.03. The lowest BCUT2D eigenvalue weighted by molar-refractivity contribution is 0.0747. The minimum atomic E-state index is 0.00750. The molecule has 0 aliphatic heterocycles. The Hall–Kier alpha value is -2.23. The molecule has 0 saturated heterocycles. The van der Waals surface area contributed by atoms with Crippen LogP contribution in [0.2, 0.25) is 0 Å². The molecule has 3 aromatic rings. The largest absolute Gasteiger partial charge is 0.457 e. The molecule has 29 heavy (non-hydrogen) atoms. The predicted molar refractivity (Wildman–Crippen MR) is 123 cm³/mol. The van der Waals surface area contributed by atoms with Crippen molar-refractivity contribution in [3.63, 3.8) is 0 Å². The van der Waals surface area contributed by atoms with Gasteiger partial charge < -0.3 is 9.47 Å². The van der Waals surface area contributed by atoms with Gasteiger partial charge in [0, 0.05) is 10.3 Å². The molecule has 0 spiro atoms. The van der Waals surface area contributed by atoms with Crippen LogP contribution in [-0.4, -0.2) is 12.4 Å². The fraction of sp³-hybridized carbons (Fsp3) is 0.308. The average Bonchev–Trinajstić information content (AvgIpc) is 2.75. The molecule has 0 aromatic heterocycles. The zero-order valence-corrected chi connectivity index (χ0v) is 18.4. The number of ether oxygens (including phenoxy) is 2. The van der Waals surface area contributed by atoms with Gasteiger partial charge >= 0.3 is 0 Å². The van der Waals surface area contributed by atoms with Gasteiger partial charge in [-0.2, -0.15) is 0 Å². The molecule has 0 fully saturated rings. The zero-order valence-electron chi connectivity index (χ0n) is 17.6. The average molecular weight is 407 g/mol. The third kappa shape index (κ3) is 6.12. The van der Waals surface area contributed by atoms with Crippen molar-refractivity contribution < 1.29 is 9.47 Å². The van der Waals surface area contributed by atoms with Crippen molar-refractivity contribution in [3.05, 3.63) is 90.0 Å². The van der Waals surface area contributed by atoms with Gasteiger partial charge in [-0.25, -0.2) is 0 Å². The summed E-state index contributed by atoms with van der Waals surface area (Å²) in [6.45, 7) is 7.96. The molecule has 1 unspecified atom stereocenters. The van der Waals surface area contributed by atoms with E-state index in [1.807, 2.05) is 60.3 Å². The van der Waals surface area contributed by atoms with Crippen LogP contribution < -0.4 is 4.74 Å². The van der Waals surface area contributed by atoms with Crippen molar-refractivity contribution in [1.29, 1.82) is 0 Å². The van der Waals surface area contributed by atoms with Crippen molar-refractivity contribution >= 4 is 11.8 Å². The molecular weight excluding hydrogens is 376 g/mol. The van der Waals surface area contributed by atoms with Crippen molar-refractivity contribution in [2.24, 2.45) is 0 Å². The highest BCUT2D eigenvalue weighted by Gasteiger charge is 2.25. The van der Waals surface area contributed by atoms with Crippen LogP contribution in [-0.2, 0) is 16.8 Å². The molecule has 0 saturated carbocycles. The molecule has 0 N–H and O–H groups in total. The van der Waals surface area contributed by atoms with Gasteiger partial charge in [-0.3, -0.25) is 0 Å². The molecular formula is C26H30O2S. The molecule has 3 heteroatoms. The smallest absolute Gasteiger partial charge is 0.127 e. The standard InChI is InChI=1S/C26H30O2S/c1-4-26(3,22-14-16-25(17-15-22)29-5-2)20-27-19-21-10-9-13-24(18-21)28-23-11-7-6-8-12-23/h6-18H,4-5,19-20H2,1-3H3. The van der Waals surface area contributed by atoms with Crippen molar-refractivity contribution in [2.45, 2.75) is 44.1 Å². The first-order valence-electron chi connectivity index (χ1n) is 10.3. The summed E-state index contributed by atoms with van der Waals surface area (Å²) in [7, 11) is 0. The number of thioether (sulfide) groups is 1. The lowest BCUT2D eigenvalue weighted by atomic mass is 9.81. The van der Waals surface area contributed by atoms with E-state index in [1.54, 1.807) is 0 Å². The maximum atomic E-state index is 6.15. The van der Waals surface area contributed by atoms with E-state index < -0.39 is 0 Å². The van der Waals surface area contributed by atoms with Crippen LogP contribution in [0.3, 0.4) is 0 Å². The highest BCUT2D eigenvalue weighted by atomic mass is 32.2. The quantitative estimate of drug-likeness (QED) is 0.325.